The molecule has 0 spiro atoms. The molecule has 1 aliphatic rings. The molecule has 2 aromatic rings. The van der Waals surface area contributed by atoms with E-state index in [-0.39, 0.29) is 11.3 Å². The zero-order valence-electron chi connectivity index (χ0n) is 15.2. The van der Waals surface area contributed by atoms with Gasteiger partial charge in [0.05, 0.1) is 12.7 Å². The summed E-state index contributed by atoms with van der Waals surface area (Å²) in [6.45, 7) is 10.3. The lowest BCUT2D eigenvalue weighted by Crippen LogP contribution is -2.35. The molecule has 0 bridgehead atoms. The van der Waals surface area contributed by atoms with Gasteiger partial charge >= 0.3 is 0 Å². The van der Waals surface area contributed by atoms with Crippen LogP contribution in [0.1, 0.15) is 49.2 Å². The van der Waals surface area contributed by atoms with Gasteiger partial charge in [0.25, 0.3) is 5.91 Å². The Balaban J connectivity index is 1.58. The van der Waals surface area contributed by atoms with Crippen LogP contribution in [0, 0.1) is 0 Å². The molecule has 0 aliphatic carbocycles. The first-order chi connectivity index (χ1) is 11.9. The van der Waals surface area contributed by atoms with Gasteiger partial charge < -0.3 is 9.32 Å². The van der Waals surface area contributed by atoms with Crippen LogP contribution in [0.4, 0.5) is 0 Å². The summed E-state index contributed by atoms with van der Waals surface area (Å²) < 4.78 is 5.89. The van der Waals surface area contributed by atoms with Gasteiger partial charge in [-0.2, -0.15) is 0 Å². The summed E-state index contributed by atoms with van der Waals surface area (Å²) in [7, 11) is 0. The van der Waals surface area contributed by atoms with Gasteiger partial charge in [-0.05, 0) is 18.6 Å². The Hall–Kier alpha value is -2.21. The summed E-state index contributed by atoms with van der Waals surface area (Å²) in [4.78, 5) is 25.2. The van der Waals surface area contributed by atoms with E-state index in [1.807, 2.05) is 11.1 Å². The van der Waals surface area contributed by atoms with Crippen LogP contribution in [0.25, 0.3) is 0 Å². The van der Waals surface area contributed by atoms with Crippen molar-refractivity contribution in [1.82, 2.24) is 19.8 Å². The molecule has 1 aliphatic heterocycles. The number of aromatic nitrogens is 2. The van der Waals surface area contributed by atoms with Crippen molar-refractivity contribution >= 4 is 5.91 Å². The molecule has 0 aromatic carbocycles. The average molecular weight is 342 g/mol. The van der Waals surface area contributed by atoms with Crippen LogP contribution < -0.4 is 0 Å². The molecule has 1 amide bonds. The molecular formula is C19H26N4O2. The first kappa shape index (κ1) is 17.6. The standard InChI is InChI=1S/C19H26N4O2/c1-19(2,3)16-13-21-17(25-16)14-22-9-4-10-23(12-11-22)18(24)15-5-7-20-8-6-15/h5-8,13H,4,9-12,14H2,1-3H3. The molecule has 25 heavy (non-hydrogen) atoms. The van der Waals surface area contributed by atoms with E-state index in [1.165, 1.54) is 0 Å². The summed E-state index contributed by atoms with van der Waals surface area (Å²) >= 11 is 0. The van der Waals surface area contributed by atoms with Gasteiger partial charge in [0.15, 0.2) is 0 Å². The highest BCUT2D eigenvalue weighted by atomic mass is 16.4. The fraction of sp³-hybridized carbons (Fsp3) is 0.526. The van der Waals surface area contributed by atoms with Crippen molar-refractivity contribution in [2.45, 2.75) is 39.2 Å². The summed E-state index contributed by atoms with van der Waals surface area (Å²) in [6.07, 6.45) is 6.09. The number of pyridine rings is 1. The summed E-state index contributed by atoms with van der Waals surface area (Å²) in [5.41, 5.74) is 0.670. The monoisotopic (exact) mass is 342 g/mol. The second-order valence-corrected chi connectivity index (χ2v) is 7.53. The molecule has 134 valence electrons. The van der Waals surface area contributed by atoms with Crippen LogP contribution in [0.2, 0.25) is 0 Å². The number of amides is 1. The molecule has 0 atom stereocenters. The van der Waals surface area contributed by atoms with Crippen molar-refractivity contribution in [3.8, 4) is 0 Å². The second kappa shape index (κ2) is 7.35. The summed E-state index contributed by atoms with van der Waals surface area (Å²) in [6, 6.07) is 3.54. The minimum absolute atomic E-state index is 0.0300. The Kier molecular flexibility index (Phi) is 5.18. The zero-order valence-corrected chi connectivity index (χ0v) is 15.2. The lowest BCUT2D eigenvalue weighted by atomic mass is 9.94. The van der Waals surface area contributed by atoms with E-state index < -0.39 is 0 Å². The third kappa shape index (κ3) is 4.45. The van der Waals surface area contributed by atoms with E-state index in [0.29, 0.717) is 18.7 Å². The largest absolute Gasteiger partial charge is 0.444 e. The van der Waals surface area contributed by atoms with E-state index in [2.05, 4.69) is 35.6 Å². The molecular weight excluding hydrogens is 316 g/mol. The van der Waals surface area contributed by atoms with Crippen LogP contribution in [-0.2, 0) is 12.0 Å². The molecule has 6 heteroatoms. The van der Waals surface area contributed by atoms with E-state index in [4.69, 9.17) is 4.42 Å². The van der Waals surface area contributed by atoms with Gasteiger partial charge in [-0.15, -0.1) is 0 Å². The number of carbonyl (C=O) groups is 1. The first-order valence-corrected chi connectivity index (χ1v) is 8.80. The fourth-order valence-electron chi connectivity index (χ4n) is 2.93. The smallest absolute Gasteiger partial charge is 0.254 e. The highest BCUT2D eigenvalue weighted by Gasteiger charge is 2.23. The number of nitrogens with zero attached hydrogens (tertiary/aromatic N) is 4. The molecule has 0 saturated carbocycles. The molecule has 1 saturated heterocycles. The van der Waals surface area contributed by atoms with E-state index >= 15 is 0 Å². The van der Waals surface area contributed by atoms with Gasteiger partial charge in [-0.25, -0.2) is 4.98 Å². The van der Waals surface area contributed by atoms with Crippen LogP contribution in [0.3, 0.4) is 0 Å². The predicted octanol–water partition coefficient (Wildman–Crippen LogP) is 2.72. The number of carbonyl (C=O) groups excluding carboxylic acids is 1. The van der Waals surface area contributed by atoms with E-state index in [0.717, 1.165) is 37.7 Å². The molecule has 1 fully saturated rings. The second-order valence-electron chi connectivity index (χ2n) is 7.53. The van der Waals surface area contributed by atoms with Gasteiger partial charge in [-0.1, -0.05) is 20.8 Å². The van der Waals surface area contributed by atoms with E-state index in [9.17, 15) is 4.79 Å². The minimum atomic E-state index is -0.0300. The van der Waals surface area contributed by atoms with Gasteiger partial charge in [0.1, 0.15) is 5.76 Å². The van der Waals surface area contributed by atoms with Crippen molar-refractivity contribution < 1.29 is 9.21 Å². The number of hydrogen-bond acceptors (Lipinski definition) is 5. The van der Waals surface area contributed by atoms with Gasteiger partial charge in [0, 0.05) is 49.6 Å². The number of oxazole rings is 1. The Morgan fingerprint density at radius 1 is 1.16 bits per heavy atom. The van der Waals surface area contributed by atoms with Crippen LogP contribution >= 0.6 is 0 Å². The lowest BCUT2D eigenvalue weighted by Gasteiger charge is -2.21. The normalized spacial score (nSPS) is 16.7. The Bertz CT molecular complexity index is 706. The zero-order chi connectivity index (χ0) is 17.9. The maximum absolute atomic E-state index is 12.6. The predicted molar refractivity (Wildman–Crippen MR) is 95.2 cm³/mol. The van der Waals surface area contributed by atoms with Crippen molar-refractivity contribution in [2.75, 3.05) is 26.2 Å². The van der Waals surface area contributed by atoms with Crippen LogP contribution in [0.15, 0.2) is 35.1 Å². The third-order valence-electron chi connectivity index (χ3n) is 4.45. The van der Waals surface area contributed by atoms with Gasteiger partial charge in [0.2, 0.25) is 5.89 Å². The van der Waals surface area contributed by atoms with Gasteiger partial charge in [-0.3, -0.25) is 14.7 Å². The lowest BCUT2D eigenvalue weighted by molar-refractivity contribution is 0.0760. The van der Waals surface area contributed by atoms with Crippen molar-refractivity contribution in [1.29, 1.82) is 0 Å². The maximum atomic E-state index is 12.6. The molecule has 0 unspecified atom stereocenters. The minimum Gasteiger partial charge on any atom is -0.444 e. The number of hydrogen-bond donors (Lipinski definition) is 0. The quantitative estimate of drug-likeness (QED) is 0.858. The average Bonchev–Trinajstić information content (AvgIpc) is 2.94. The van der Waals surface area contributed by atoms with Crippen molar-refractivity contribution in [3.63, 3.8) is 0 Å². The highest BCUT2D eigenvalue weighted by molar-refractivity contribution is 5.94. The number of rotatable bonds is 3. The van der Waals surface area contributed by atoms with Crippen molar-refractivity contribution in [3.05, 3.63) is 47.9 Å². The summed E-state index contributed by atoms with van der Waals surface area (Å²) in [5, 5.41) is 0. The van der Waals surface area contributed by atoms with Crippen LogP contribution in [0.5, 0.6) is 0 Å². The molecule has 6 nitrogen and oxygen atoms in total. The van der Waals surface area contributed by atoms with Crippen LogP contribution in [-0.4, -0.2) is 51.9 Å². The van der Waals surface area contributed by atoms with Crippen molar-refractivity contribution in [2.24, 2.45) is 0 Å². The topological polar surface area (TPSA) is 62.5 Å². The fourth-order valence-corrected chi connectivity index (χ4v) is 2.93. The Labute approximate surface area is 148 Å². The Morgan fingerprint density at radius 3 is 2.60 bits per heavy atom. The SMILES string of the molecule is CC(C)(C)c1cnc(CN2CCCN(C(=O)c3ccncc3)CC2)o1. The maximum Gasteiger partial charge on any atom is 0.254 e. The molecule has 0 N–H and O–H groups in total. The first-order valence-electron chi connectivity index (χ1n) is 8.80. The Morgan fingerprint density at radius 2 is 1.92 bits per heavy atom. The highest BCUT2D eigenvalue weighted by Crippen LogP contribution is 2.23. The molecule has 3 heterocycles. The summed E-state index contributed by atoms with van der Waals surface area (Å²) in [5.74, 6) is 1.74. The van der Waals surface area contributed by atoms with E-state index in [1.54, 1.807) is 24.5 Å². The third-order valence-corrected chi connectivity index (χ3v) is 4.45. The molecule has 0 radical (unpaired) electrons. The molecule has 3 rings (SSSR count). The molecule has 2 aromatic heterocycles.